The normalized spacial score (nSPS) is 13.8. The molecule has 2 aromatic carbocycles. The van der Waals surface area contributed by atoms with Gasteiger partial charge in [0.1, 0.15) is 5.75 Å². The number of ether oxygens (including phenoxy) is 1. The van der Waals surface area contributed by atoms with Crippen molar-refractivity contribution in [3.05, 3.63) is 59.1 Å². The van der Waals surface area contributed by atoms with Crippen LogP contribution in [-0.4, -0.2) is 26.7 Å². The van der Waals surface area contributed by atoms with Crippen molar-refractivity contribution in [3.63, 3.8) is 0 Å². The smallest absolute Gasteiger partial charge is 0.261 e. The third-order valence-corrected chi connectivity index (χ3v) is 5.12. The predicted molar refractivity (Wildman–Crippen MR) is 97.7 cm³/mol. The third-order valence-electron chi connectivity index (χ3n) is 3.68. The molecule has 134 valence electrons. The number of carbonyl (C=O) groups is 1. The lowest BCUT2D eigenvalue weighted by Gasteiger charge is -2.19. The standard InChI is InChI=1S/C18H20ClNO4S/c1-12(14-8-10-15(11-9-14)25(3,22)23)20-18(21)13(2)24-17-7-5-4-6-16(17)19/h4-13H,1-3H3,(H,20,21)/t12-,13+/m1/s1. The maximum Gasteiger partial charge on any atom is 0.261 e. The number of hydrogen-bond acceptors (Lipinski definition) is 4. The predicted octanol–water partition coefficient (Wildman–Crippen LogP) is 3.39. The molecule has 0 unspecified atom stereocenters. The molecule has 7 heteroatoms. The molecule has 1 N–H and O–H groups in total. The summed E-state index contributed by atoms with van der Waals surface area (Å²) in [4.78, 5) is 12.5. The summed E-state index contributed by atoms with van der Waals surface area (Å²) in [5, 5.41) is 3.27. The van der Waals surface area contributed by atoms with Crippen LogP contribution >= 0.6 is 11.6 Å². The Labute approximate surface area is 152 Å². The summed E-state index contributed by atoms with van der Waals surface area (Å²) in [5.74, 6) is 0.150. The number of carbonyl (C=O) groups excluding carboxylic acids is 1. The molecule has 0 aliphatic carbocycles. The minimum Gasteiger partial charge on any atom is -0.479 e. The van der Waals surface area contributed by atoms with Gasteiger partial charge in [-0.15, -0.1) is 0 Å². The van der Waals surface area contributed by atoms with E-state index < -0.39 is 15.9 Å². The Morgan fingerprint density at radius 3 is 2.24 bits per heavy atom. The van der Waals surface area contributed by atoms with Crippen molar-refractivity contribution in [3.8, 4) is 5.75 Å². The van der Waals surface area contributed by atoms with E-state index in [1.54, 1.807) is 43.3 Å². The molecule has 2 aromatic rings. The van der Waals surface area contributed by atoms with Crippen LogP contribution in [0.15, 0.2) is 53.4 Å². The van der Waals surface area contributed by atoms with E-state index >= 15 is 0 Å². The average molecular weight is 382 g/mol. The molecule has 2 atom stereocenters. The highest BCUT2D eigenvalue weighted by molar-refractivity contribution is 7.90. The van der Waals surface area contributed by atoms with Crippen molar-refractivity contribution in [2.24, 2.45) is 0 Å². The van der Waals surface area contributed by atoms with Gasteiger partial charge in [-0.25, -0.2) is 8.42 Å². The molecule has 0 aliphatic rings. The van der Waals surface area contributed by atoms with Gasteiger partial charge in [-0.05, 0) is 43.7 Å². The number of hydrogen-bond donors (Lipinski definition) is 1. The van der Waals surface area contributed by atoms with Gasteiger partial charge in [0.25, 0.3) is 5.91 Å². The number of nitrogens with one attached hydrogen (secondary N) is 1. The van der Waals surface area contributed by atoms with Crippen LogP contribution < -0.4 is 10.1 Å². The number of amides is 1. The molecule has 0 saturated carbocycles. The lowest BCUT2D eigenvalue weighted by Crippen LogP contribution is -2.37. The highest BCUT2D eigenvalue weighted by Crippen LogP contribution is 2.24. The average Bonchev–Trinajstić information content (AvgIpc) is 2.56. The highest BCUT2D eigenvalue weighted by Gasteiger charge is 2.19. The summed E-state index contributed by atoms with van der Waals surface area (Å²) in [6, 6.07) is 13.1. The monoisotopic (exact) mass is 381 g/mol. The molecule has 0 heterocycles. The first-order valence-electron chi connectivity index (χ1n) is 7.70. The Hall–Kier alpha value is -2.05. The van der Waals surface area contributed by atoms with Crippen molar-refractivity contribution in [1.82, 2.24) is 5.32 Å². The Balaban J connectivity index is 2.00. The first-order valence-corrected chi connectivity index (χ1v) is 9.97. The molecule has 5 nitrogen and oxygen atoms in total. The molecular weight excluding hydrogens is 362 g/mol. The molecule has 0 aliphatic heterocycles. The van der Waals surface area contributed by atoms with Gasteiger partial charge >= 0.3 is 0 Å². The largest absolute Gasteiger partial charge is 0.479 e. The van der Waals surface area contributed by atoms with E-state index in [1.165, 1.54) is 12.1 Å². The maximum atomic E-state index is 12.3. The fourth-order valence-corrected chi connectivity index (χ4v) is 3.01. The number of rotatable bonds is 6. The van der Waals surface area contributed by atoms with Crippen molar-refractivity contribution in [2.45, 2.75) is 30.9 Å². The van der Waals surface area contributed by atoms with Crippen LogP contribution in [-0.2, 0) is 14.6 Å². The van der Waals surface area contributed by atoms with Crippen LogP contribution in [0.5, 0.6) is 5.75 Å². The van der Waals surface area contributed by atoms with E-state index in [2.05, 4.69) is 5.32 Å². The van der Waals surface area contributed by atoms with Crippen LogP contribution in [0.1, 0.15) is 25.5 Å². The van der Waals surface area contributed by atoms with Crippen molar-refractivity contribution < 1.29 is 17.9 Å². The van der Waals surface area contributed by atoms with Crippen LogP contribution in [0.3, 0.4) is 0 Å². The molecule has 0 spiro atoms. The molecule has 25 heavy (non-hydrogen) atoms. The van der Waals surface area contributed by atoms with Gasteiger partial charge in [0.15, 0.2) is 15.9 Å². The Morgan fingerprint density at radius 1 is 1.08 bits per heavy atom. The van der Waals surface area contributed by atoms with Crippen LogP contribution in [0.4, 0.5) is 0 Å². The van der Waals surface area contributed by atoms with Crippen LogP contribution in [0, 0.1) is 0 Å². The first kappa shape index (κ1) is 19.3. The summed E-state index contributed by atoms with van der Waals surface area (Å²) >= 11 is 6.02. The molecule has 2 rings (SSSR count). The molecule has 0 fully saturated rings. The zero-order valence-electron chi connectivity index (χ0n) is 14.2. The van der Waals surface area contributed by atoms with E-state index in [1.807, 2.05) is 6.92 Å². The topological polar surface area (TPSA) is 72.5 Å². The summed E-state index contributed by atoms with van der Waals surface area (Å²) in [6.45, 7) is 3.45. The summed E-state index contributed by atoms with van der Waals surface area (Å²) in [7, 11) is -3.24. The molecular formula is C18H20ClNO4S. The van der Waals surface area contributed by atoms with Gasteiger partial charge in [-0.2, -0.15) is 0 Å². The first-order chi connectivity index (χ1) is 11.7. The number of sulfone groups is 1. The molecule has 0 saturated heterocycles. The fourth-order valence-electron chi connectivity index (χ4n) is 2.20. The van der Waals surface area contributed by atoms with Gasteiger partial charge in [0, 0.05) is 6.26 Å². The fraction of sp³-hybridized carbons (Fsp3) is 0.278. The quantitative estimate of drug-likeness (QED) is 0.832. The van der Waals surface area contributed by atoms with Gasteiger partial charge in [0.05, 0.1) is 16.0 Å². The Kier molecular flexibility index (Phi) is 6.08. The number of para-hydroxylation sites is 1. The zero-order chi connectivity index (χ0) is 18.6. The number of halogens is 1. The molecule has 1 amide bonds. The lowest BCUT2D eigenvalue weighted by molar-refractivity contribution is -0.127. The van der Waals surface area contributed by atoms with Gasteiger partial charge in [-0.1, -0.05) is 35.9 Å². The highest BCUT2D eigenvalue weighted by atomic mass is 35.5. The van der Waals surface area contributed by atoms with E-state index in [9.17, 15) is 13.2 Å². The minimum atomic E-state index is -3.24. The SMILES string of the molecule is C[C@H](Oc1ccccc1Cl)C(=O)N[C@H](C)c1ccc(S(C)(=O)=O)cc1. The van der Waals surface area contributed by atoms with E-state index in [4.69, 9.17) is 16.3 Å². The van der Waals surface area contributed by atoms with Gasteiger partial charge < -0.3 is 10.1 Å². The lowest BCUT2D eigenvalue weighted by atomic mass is 10.1. The van der Waals surface area contributed by atoms with E-state index in [0.29, 0.717) is 10.8 Å². The second-order valence-corrected chi connectivity index (χ2v) is 8.18. The third kappa shape index (κ3) is 5.21. The second-order valence-electron chi connectivity index (χ2n) is 5.76. The van der Waals surface area contributed by atoms with Crippen LogP contribution in [0.2, 0.25) is 5.02 Å². The molecule has 0 bridgehead atoms. The maximum absolute atomic E-state index is 12.3. The van der Waals surface area contributed by atoms with Gasteiger partial charge in [-0.3, -0.25) is 4.79 Å². The molecule has 0 radical (unpaired) electrons. The zero-order valence-corrected chi connectivity index (χ0v) is 15.8. The Morgan fingerprint density at radius 2 is 1.68 bits per heavy atom. The Bertz CT molecular complexity index is 850. The second kappa shape index (κ2) is 7.89. The van der Waals surface area contributed by atoms with Crippen molar-refractivity contribution >= 4 is 27.3 Å². The van der Waals surface area contributed by atoms with Crippen molar-refractivity contribution in [1.29, 1.82) is 0 Å². The van der Waals surface area contributed by atoms with Crippen molar-refractivity contribution in [2.75, 3.05) is 6.26 Å². The van der Waals surface area contributed by atoms with E-state index in [0.717, 1.165) is 11.8 Å². The molecule has 0 aromatic heterocycles. The summed E-state index contributed by atoms with van der Waals surface area (Å²) in [6.07, 6.45) is 0.429. The van der Waals surface area contributed by atoms with Gasteiger partial charge in [0.2, 0.25) is 0 Å². The summed E-state index contributed by atoms with van der Waals surface area (Å²) in [5.41, 5.74) is 0.797. The number of benzene rings is 2. The minimum absolute atomic E-state index is 0.241. The van der Waals surface area contributed by atoms with Crippen LogP contribution in [0.25, 0.3) is 0 Å². The van der Waals surface area contributed by atoms with E-state index in [-0.39, 0.29) is 16.8 Å². The summed E-state index contributed by atoms with van der Waals surface area (Å²) < 4.78 is 28.6.